The number of ether oxygens (including phenoxy) is 1. The monoisotopic (exact) mass is 276 g/mol. The number of nitrogens with zero attached hydrogens (tertiary/aromatic N) is 2. The first-order valence-corrected chi connectivity index (χ1v) is 6.82. The lowest BCUT2D eigenvalue weighted by atomic mass is 10.1. The summed E-state index contributed by atoms with van der Waals surface area (Å²) in [5.74, 6) is 1.54. The summed E-state index contributed by atoms with van der Waals surface area (Å²) in [5.41, 5.74) is 0.764. The van der Waals surface area contributed by atoms with E-state index in [1.54, 1.807) is 12.1 Å². The number of hydrogen-bond donors (Lipinski definition) is 1. The van der Waals surface area contributed by atoms with Gasteiger partial charge < -0.3 is 14.4 Å². The lowest BCUT2D eigenvalue weighted by Crippen LogP contribution is -2.12. The molecule has 1 heterocycles. The fraction of sp³-hybridized carbons (Fsp3) is 0.467. The SMILES string of the molecule is CCOC(c1noc(Cc2ccccc2O)n1)C(C)C. The number of para-hydroxylation sites is 1. The summed E-state index contributed by atoms with van der Waals surface area (Å²) in [5, 5.41) is 13.7. The molecular weight excluding hydrogens is 256 g/mol. The Morgan fingerprint density at radius 1 is 1.30 bits per heavy atom. The van der Waals surface area contributed by atoms with Gasteiger partial charge in [-0.2, -0.15) is 4.98 Å². The third-order valence-electron chi connectivity index (χ3n) is 3.02. The molecule has 2 aromatic rings. The first-order chi connectivity index (χ1) is 9.61. The first kappa shape index (κ1) is 14.5. The van der Waals surface area contributed by atoms with Gasteiger partial charge >= 0.3 is 0 Å². The molecular formula is C15H20N2O3. The Morgan fingerprint density at radius 3 is 2.70 bits per heavy atom. The van der Waals surface area contributed by atoms with Crippen molar-refractivity contribution in [1.29, 1.82) is 0 Å². The van der Waals surface area contributed by atoms with Crippen molar-refractivity contribution in [3.05, 3.63) is 41.5 Å². The molecule has 5 heteroatoms. The molecule has 0 saturated carbocycles. The lowest BCUT2D eigenvalue weighted by Gasteiger charge is -2.16. The topological polar surface area (TPSA) is 68.4 Å². The third kappa shape index (κ3) is 3.36. The standard InChI is InChI=1S/C15H20N2O3/c1-4-19-14(10(2)3)15-16-13(20-17-15)9-11-7-5-6-8-12(11)18/h5-8,10,14,18H,4,9H2,1-3H3. The highest BCUT2D eigenvalue weighted by atomic mass is 16.5. The van der Waals surface area contributed by atoms with Crippen LogP contribution in [0.15, 0.2) is 28.8 Å². The van der Waals surface area contributed by atoms with Crippen molar-refractivity contribution >= 4 is 0 Å². The maximum Gasteiger partial charge on any atom is 0.231 e. The average molecular weight is 276 g/mol. The van der Waals surface area contributed by atoms with Crippen LogP contribution in [0, 0.1) is 5.92 Å². The predicted molar refractivity (Wildman–Crippen MR) is 74.4 cm³/mol. The second kappa shape index (κ2) is 6.52. The molecule has 2 rings (SSSR count). The van der Waals surface area contributed by atoms with Crippen LogP contribution >= 0.6 is 0 Å². The number of rotatable bonds is 6. The number of benzene rings is 1. The molecule has 0 amide bonds. The van der Waals surface area contributed by atoms with Gasteiger partial charge in [-0.25, -0.2) is 0 Å². The average Bonchev–Trinajstić information content (AvgIpc) is 2.86. The largest absolute Gasteiger partial charge is 0.508 e. The van der Waals surface area contributed by atoms with Gasteiger partial charge in [-0.15, -0.1) is 0 Å². The van der Waals surface area contributed by atoms with E-state index in [1.165, 1.54) is 0 Å². The molecule has 0 aliphatic heterocycles. The van der Waals surface area contributed by atoms with Crippen LogP contribution in [-0.4, -0.2) is 21.9 Å². The molecule has 1 N–H and O–H groups in total. The number of phenolic OH excluding ortho intramolecular Hbond substituents is 1. The van der Waals surface area contributed by atoms with Crippen LogP contribution in [0.3, 0.4) is 0 Å². The molecule has 0 saturated heterocycles. The molecule has 20 heavy (non-hydrogen) atoms. The molecule has 0 spiro atoms. The van der Waals surface area contributed by atoms with Gasteiger partial charge in [0.15, 0.2) is 0 Å². The molecule has 1 atom stereocenters. The Kier molecular flexibility index (Phi) is 4.74. The summed E-state index contributed by atoms with van der Waals surface area (Å²) >= 11 is 0. The summed E-state index contributed by atoms with van der Waals surface area (Å²) in [4.78, 5) is 4.37. The molecule has 0 bridgehead atoms. The molecule has 0 aliphatic rings. The third-order valence-corrected chi connectivity index (χ3v) is 3.02. The van der Waals surface area contributed by atoms with Gasteiger partial charge in [-0.1, -0.05) is 37.2 Å². The Labute approximate surface area is 118 Å². The van der Waals surface area contributed by atoms with Crippen molar-refractivity contribution in [3.63, 3.8) is 0 Å². The Balaban J connectivity index is 2.14. The van der Waals surface area contributed by atoms with Crippen molar-refractivity contribution in [3.8, 4) is 5.75 Å². The molecule has 1 aromatic heterocycles. The van der Waals surface area contributed by atoms with Crippen LogP contribution in [0.4, 0.5) is 0 Å². The van der Waals surface area contributed by atoms with E-state index in [-0.39, 0.29) is 17.8 Å². The Hall–Kier alpha value is -1.88. The van der Waals surface area contributed by atoms with Gasteiger partial charge in [-0.3, -0.25) is 0 Å². The second-order valence-corrected chi connectivity index (χ2v) is 4.97. The highest BCUT2D eigenvalue weighted by Crippen LogP contribution is 2.24. The fourth-order valence-electron chi connectivity index (χ4n) is 2.02. The molecule has 0 radical (unpaired) electrons. The van der Waals surface area contributed by atoms with Crippen molar-refractivity contribution in [2.45, 2.75) is 33.3 Å². The van der Waals surface area contributed by atoms with Gasteiger partial charge in [0.25, 0.3) is 0 Å². The summed E-state index contributed by atoms with van der Waals surface area (Å²) in [6.07, 6.45) is 0.248. The van der Waals surface area contributed by atoms with E-state index in [4.69, 9.17) is 9.26 Å². The predicted octanol–water partition coefficient (Wildman–Crippen LogP) is 3.10. The maximum atomic E-state index is 9.75. The van der Waals surface area contributed by atoms with Gasteiger partial charge in [-0.05, 0) is 18.9 Å². The minimum Gasteiger partial charge on any atom is -0.508 e. The van der Waals surface area contributed by atoms with Crippen LogP contribution in [-0.2, 0) is 11.2 Å². The van der Waals surface area contributed by atoms with Crippen LogP contribution in [0.1, 0.15) is 44.2 Å². The van der Waals surface area contributed by atoms with E-state index in [0.717, 1.165) is 5.56 Å². The zero-order valence-corrected chi connectivity index (χ0v) is 12.0. The van der Waals surface area contributed by atoms with Crippen LogP contribution in [0.2, 0.25) is 0 Å². The highest BCUT2D eigenvalue weighted by Gasteiger charge is 2.22. The van der Waals surface area contributed by atoms with Crippen LogP contribution in [0.25, 0.3) is 0 Å². The number of phenols is 1. The van der Waals surface area contributed by atoms with Crippen molar-refractivity contribution < 1.29 is 14.4 Å². The molecule has 0 fully saturated rings. The molecule has 0 aliphatic carbocycles. The lowest BCUT2D eigenvalue weighted by molar-refractivity contribution is 0.0217. The van der Waals surface area contributed by atoms with Gasteiger partial charge in [0.2, 0.25) is 11.7 Å². The molecule has 108 valence electrons. The first-order valence-electron chi connectivity index (χ1n) is 6.82. The highest BCUT2D eigenvalue weighted by molar-refractivity contribution is 5.33. The van der Waals surface area contributed by atoms with Crippen LogP contribution in [0.5, 0.6) is 5.75 Å². The molecule has 1 aromatic carbocycles. The normalized spacial score (nSPS) is 12.8. The quantitative estimate of drug-likeness (QED) is 0.878. The zero-order valence-electron chi connectivity index (χ0n) is 12.0. The molecule has 5 nitrogen and oxygen atoms in total. The summed E-state index contributed by atoms with van der Waals surface area (Å²) in [6, 6.07) is 7.12. The fourth-order valence-corrected chi connectivity index (χ4v) is 2.02. The minimum atomic E-state index is -0.165. The number of aromatic hydroxyl groups is 1. The number of aromatic nitrogens is 2. The minimum absolute atomic E-state index is 0.165. The summed E-state index contributed by atoms with van der Waals surface area (Å²) in [7, 11) is 0. The Bertz CT molecular complexity index is 552. The van der Waals surface area contributed by atoms with E-state index >= 15 is 0 Å². The van der Waals surface area contributed by atoms with Crippen LogP contribution < -0.4 is 0 Å². The Morgan fingerprint density at radius 2 is 2.05 bits per heavy atom. The second-order valence-electron chi connectivity index (χ2n) is 4.97. The van der Waals surface area contributed by atoms with E-state index in [0.29, 0.717) is 24.7 Å². The smallest absolute Gasteiger partial charge is 0.231 e. The van der Waals surface area contributed by atoms with Crippen molar-refractivity contribution in [2.75, 3.05) is 6.61 Å². The van der Waals surface area contributed by atoms with E-state index < -0.39 is 0 Å². The number of hydrogen-bond acceptors (Lipinski definition) is 5. The molecule has 1 unspecified atom stereocenters. The maximum absolute atomic E-state index is 9.75. The van der Waals surface area contributed by atoms with Crippen molar-refractivity contribution in [1.82, 2.24) is 10.1 Å². The van der Waals surface area contributed by atoms with Gasteiger partial charge in [0, 0.05) is 12.2 Å². The summed E-state index contributed by atoms with van der Waals surface area (Å²) < 4.78 is 10.9. The van der Waals surface area contributed by atoms with E-state index in [1.807, 2.05) is 19.1 Å². The van der Waals surface area contributed by atoms with E-state index in [2.05, 4.69) is 24.0 Å². The van der Waals surface area contributed by atoms with Gasteiger partial charge in [0.1, 0.15) is 11.9 Å². The van der Waals surface area contributed by atoms with Crippen molar-refractivity contribution in [2.24, 2.45) is 5.92 Å². The zero-order chi connectivity index (χ0) is 14.5. The van der Waals surface area contributed by atoms with E-state index in [9.17, 15) is 5.11 Å². The summed E-state index contributed by atoms with van der Waals surface area (Å²) in [6.45, 7) is 6.66. The van der Waals surface area contributed by atoms with Gasteiger partial charge in [0.05, 0.1) is 6.42 Å².